The highest BCUT2D eigenvalue weighted by molar-refractivity contribution is 8.00. The number of ether oxygens (including phenoxy) is 1. The second kappa shape index (κ2) is 8.59. The molecule has 0 radical (unpaired) electrons. The monoisotopic (exact) mass is 402 g/mol. The number of aromatic nitrogens is 2. The minimum atomic E-state index is -0.362. The van der Waals surface area contributed by atoms with Crippen LogP contribution in [0.4, 0.5) is 0 Å². The first kappa shape index (κ1) is 19.5. The standard InChI is InChI=1S/C20H19ClN2O3S/c1-12-4-5-13(2)17(10-12)25-11-18-22-23-20(26-18)27-14(3)19(24)15-6-8-16(21)9-7-15/h4-10,14H,11H2,1-3H3. The summed E-state index contributed by atoms with van der Waals surface area (Å²) in [4.78, 5) is 12.5. The molecular weight excluding hydrogens is 384 g/mol. The van der Waals surface area contributed by atoms with Crippen molar-refractivity contribution in [2.45, 2.75) is 37.9 Å². The molecule has 2 aromatic carbocycles. The SMILES string of the molecule is Cc1ccc(C)c(OCc2nnc(SC(C)C(=O)c3ccc(Cl)cc3)o2)c1. The first-order valence-electron chi connectivity index (χ1n) is 8.41. The van der Waals surface area contributed by atoms with Gasteiger partial charge < -0.3 is 9.15 Å². The number of benzene rings is 2. The number of nitrogens with zero attached hydrogens (tertiary/aromatic N) is 2. The second-order valence-electron chi connectivity index (χ2n) is 6.15. The molecule has 7 heteroatoms. The van der Waals surface area contributed by atoms with E-state index in [0.29, 0.717) is 21.7 Å². The molecule has 1 aromatic heterocycles. The van der Waals surface area contributed by atoms with Gasteiger partial charge in [-0.25, -0.2) is 0 Å². The summed E-state index contributed by atoms with van der Waals surface area (Å²) in [5, 5.41) is 8.55. The van der Waals surface area contributed by atoms with Gasteiger partial charge in [-0.2, -0.15) is 0 Å². The van der Waals surface area contributed by atoms with Crippen LogP contribution in [0.1, 0.15) is 34.3 Å². The topological polar surface area (TPSA) is 65.2 Å². The molecule has 5 nitrogen and oxygen atoms in total. The van der Waals surface area contributed by atoms with E-state index in [1.54, 1.807) is 31.2 Å². The van der Waals surface area contributed by atoms with Crippen LogP contribution < -0.4 is 4.74 Å². The van der Waals surface area contributed by atoms with Crippen LogP contribution in [0.15, 0.2) is 52.1 Å². The molecule has 0 aliphatic rings. The van der Waals surface area contributed by atoms with Gasteiger partial charge in [0.15, 0.2) is 12.4 Å². The van der Waals surface area contributed by atoms with Gasteiger partial charge in [0.05, 0.1) is 5.25 Å². The minimum absolute atomic E-state index is 0.0250. The van der Waals surface area contributed by atoms with Gasteiger partial charge in [0.25, 0.3) is 11.1 Å². The lowest BCUT2D eigenvalue weighted by Crippen LogP contribution is -2.13. The van der Waals surface area contributed by atoms with Gasteiger partial charge in [0.1, 0.15) is 5.75 Å². The summed E-state index contributed by atoms with van der Waals surface area (Å²) in [6.45, 7) is 5.97. The average Bonchev–Trinajstić information content (AvgIpc) is 3.10. The molecule has 0 saturated carbocycles. The van der Waals surface area contributed by atoms with Crippen molar-refractivity contribution in [1.82, 2.24) is 10.2 Å². The van der Waals surface area contributed by atoms with Gasteiger partial charge in [0, 0.05) is 10.6 Å². The van der Waals surface area contributed by atoms with Crippen molar-refractivity contribution in [2.24, 2.45) is 0 Å². The third kappa shape index (κ3) is 5.11. The molecular formula is C20H19ClN2O3S. The fourth-order valence-corrected chi connectivity index (χ4v) is 3.30. The molecule has 0 amide bonds. The molecule has 1 heterocycles. The predicted molar refractivity (Wildman–Crippen MR) is 106 cm³/mol. The fourth-order valence-electron chi connectivity index (χ4n) is 2.40. The Balaban J connectivity index is 1.59. The van der Waals surface area contributed by atoms with Gasteiger partial charge >= 0.3 is 0 Å². The largest absolute Gasteiger partial charge is 0.484 e. The number of carbonyl (C=O) groups excluding carboxylic acids is 1. The van der Waals surface area contributed by atoms with E-state index in [0.717, 1.165) is 16.9 Å². The Hall–Kier alpha value is -2.31. The van der Waals surface area contributed by atoms with Gasteiger partial charge in [0.2, 0.25) is 0 Å². The molecule has 0 spiro atoms. The maximum absolute atomic E-state index is 12.5. The molecule has 0 saturated heterocycles. The lowest BCUT2D eigenvalue weighted by Gasteiger charge is -2.08. The van der Waals surface area contributed by atoms with E-state index in [4.69, 9.17) is 20.8 Å². The molecule has 140 valence electrons. The summed E-state index contributed by atoms with van der Waals surface area (Å²) >= 11 is 7.08. The van der Waals surface area contributed by atoms with E-state index in [9.17, 15) is 4.79 Å². The molecule has 0 N–H and O–H groups in total. The molecule has 0 fully saturated rings. The summed E-state index contributed by atoms with van der Waals surface area (Å²) in [5.74, 6) is 1.13. The Bertz CT molecular complexity index is 941. The Labute approximate surface area is 167 Å². The van der Waals surface area contributed by atoms with Crippen molar-refractivity contribution < 1.29 is 13.9 Å². The van der Waals surface area contributed by atoms with Crippen LogP contribution in [0.3, 0.4) is 0 Å². The minimum Gasteiger partial charge on any atom is -0.484 e. The van der Waals surface area contributed by atoms with Gasteiger partial charge in [-0.3, -0.25) is 4.79 Å². The molecule has 27 heavy (non-hydrogen) atoms. The molecule has 3 rings (SSSR count). The third-order valence-electron chi connectivity index (χ3n) is 3.92. The number of aryl methyl sites for hydroxylation is 2. The number of hydrogen-bond acceptors (Lipinski definition) is 6. The lowest BCUT2D eigenvalue weighted by molar-refractivity contribution is 0.0993. The predicted octanol–water partition coefficient (Wildman–Crippen LogP) is 5.28. The molecule has 1 unspecified atom stereocenters. The smallest absolute Gasteiger partial charge is 0.277 e. The van der Waals surface area contributed by atoms with Crippen molar-refractivity contribution >= 4 is 29.1 Å². The number of halogens is 1. The zero-order chi connectivity index (χ0) is 19.4. The van der Waals surface area contributed by atoms with E-state index in [2.05, 4.69) is 10.2 Å². The van der Waals surface area contributed by atoms with Gasteiger partial charge in [-0.15, -0.1) is 10.2 Å². The Morgan fingerprint density at radius 3 is 2.67 bits per heavy atom. The fraction of sp³-hybridized carbons (Fsp3) is 0.250. The number of hydrogen-bond donors (Lipinski definition) is 0. The highest BCUT2D eigenvalue weighted by Gasteiger charge is 2.20. The first-order chi connectivity index (χ1) is 12.9. The first-order valence-corrected chi connectivity index (χ1v) is 9.67. The maximum atomic E-state index is 12.5. The van der Waals surface area contributed by atoms with E-state index in [1.807, 2.05) is 32.0 Å². The van der Waals surface area contributed by atoms with Crippen molar-refractivity contribution in [3.63, 3.8) is 0 Å². The van der Waals surface area contributed by atoms with Gasteiger partial charge in [-0.05, 0) is 62.2 Å². The Morgan fingerprint density at radius 1 is 1.19 bits per heavy atom. The summed E-state index contributed by atoms with van der Waals surface area (Å²) in [6.07, 6.45) is 0. The van der Waals surface area contributed by atoms with Crippen LogP contribution in [0.25, 0.3) is 0 Å². The summed E-state index contributed by atoms with van der Waals surface area (Å²) in [5.41, 5.74) is 2.75. The molecule has 3 aromatic rings. The van der Waals surface area contributed by atoms with Crippen LogP contribution in [0.5, 0.6) is 5.75 Å². The maximum Gasteiger partial charge on any atom is 0.277 e. The number of ketones is 1. The second-order valence-corrected chi connectivity index (χ2v) is 7.88. The molecule has 0 aliphatic carbocycles. The van der Waals surface area contributed by atoms with E-state index in [1.165, 1.54) is 11.8 Å². The Morgan fingerprint density at radius 2 is 1.93 bits per heavy atom. The summed E-state index contributed by atoms with van der Waals surface area (Å²) in [7, 11) is 0. The highest BCUT2D eigenvalue weighted by atomic mass is 35.5. The van der Waals surface area contributed by atoms with Crippen molar-refractivity contribution in [1.29, 1.82) is 0 Å². The average molecular weight is 403 g/mol. The zero-order valence-electron chi connectivity index (χ0n) is 15.2. The number of Topliss-reactive ketones (excluding diaryl/α,β-unsaturated/α-hetero) is 1. The molecule has 1 atom stereocenters. The van der Waals surface area contributed by atoms with Crippen molar-refractivity contribution in [3.8, 4) is 5.75 Å². The number of rotatable bonds is 7. The Kier molecular flexibility index (Phi) is 6.19. The van der Waals surface area contributed by atoms with Crippen LogP contribution in [-0.4, -0.2) is 21.2 Å². The van der Waals surface area contributed by atoms with Gasteiger partial charge in [-0.1, -0.05) is 35.5 Å². The summed E-state index contributed by atoms with van der Waals surface area (Å²) in [6, 6.07) is 12.8. The third-order valence-corrected chi connectivity index (χ3v) is 5.10. The van der Waals surface area contributed by atoms with Crippen LogP contribution in [0, 0.1) is 13.8 Å². The quantitative estimate of drug-likeness (QED) is 0.395. The summed E-state index contributed by atoms with van der Waals surface area (Å²) < 4.78 is 11.4. The lowest BCUT2D eigenvalue weighted by atomic mass is 10.1. The van der Waals surface area contributed by atoms with E-state index < -0.39 is 0 Å². The van der Waals surface area contributed by atoms with E-state index >= 15 is 0 Å². The van der Waals surface area contributed by atoms with Crippen LogP contribution >= 0.6 is 23.4 Å². The number of thioether (sulfide) groups is 1. The zero-order valence-corrected chi connectivity index (χ0v) is 16.8. The van der Waals surface area contributed by atoms with E-state index in [-0.39, 0.29) is 17.6 Å². The molecule has 0 aliphatic heterocycles. The number of carbonyl (C=O) groups is 1. The highest BCUT2D eigenvalue weighted by Crippen LogP contribution is 2.26. The normalized spacial score (nSPS) is 12.0. The molecule has 0 bridgehead atoms. The van der Waals surface area contributed by atoms with Crippen LogP contribution in [0.2, 0.25) is 5.02 Å². The van der Waals surface area contributed by atoms with Crippen molar-refractivity contribution in [3.05, 3.63) is 70.1 Å². The van der Waals surface area contributed by atoms with Crippen LogP contribution in [-0.2, 0) is 6.61 Å². The van der Waals surface area contributed by atoms with Crippen molar-refractivity contribution in [2.75, 3.05) is 0 Å².